The quantitative estimate of drug-likeness (QED) is 0.842. The van der Waals surface area contributed by atoms with Crippen molar-refractivity contribution in [3.05, 3.63) is 77.8 Å². The summed E-state index contributed by atoms with van der Waals surface area (Å²) in [5, 5.41) is 19.0. The van der Waals surface area contributed by atoms with E-state index in [1.807, 2.05) is 42.6 Å². The Kier molecular flexibility index (Phi) is 3.95. The van der Waals surface area contributed by atoms with Crippen LogP contribution in [0.1, 0.15) is 23.5 Å². The zero-order valence-electron chi connectivity index (χ0n) is 11.4. The fraction of sp³-hybridized carbons (Fsp3) is 0.125. The molecule has 0 bridgehead atoms. The summed E-state index contributed by atoms with van der Waals surface area (Å²) in [6.07, 6.45) is 11.6. The number of hydrogen-bond donors (Lipinski definition) is 2. The van der Waals surface area contributed by atoms with Gasteiger partial charge in [0.1, 0.15) is 0 Å². The van der Waals surface area contributed by atoms with Gasteiger partial charge in [0.05, 0.1) is 0 Å². The summed E-state index contributed by atoms with van der Waals surface area (Å²) >= 11 is 0. The monoisotopic (exact) mass is 278 g/mol. The Bertz CT molecular complexity index is 669. The van der Waals surface area contributed by atoms with E-state index in [1.54, 1.807) is 18.6 Å². The number of aromatic nitrogens is 2. The van der Waals surface area contributed by atoms with Gasteiger partial charge in [0.25, 0.3) is 0 Å². The fourth-order valence-corrected chi connectivity index (χ4v) is 2.56. The second kappa shape index (κ2) is 6.03. The molecule has 3 rings (SSSR count). The molecule has 21 heavy (non-hydrogen) atoms. The minimum Gasteiger partial charge on any atom is -0.423 e. The minimum absolute atomic E-state index is 0.0794. The van der Waals surface area contributed by atoms with Crippen molar-refractivity contribution in [2.75, 3.05) is 0 Å². The zero-order chi connectivity index (χ0) is 14.7. The lowest BCUT2D eigenvalue weighted by Crippen LogP contribution is -2.18. The third-order valence-corrected chi connectivity index (χ3v) is 3.62. The maximum Gasteiger partial charge on any atom is 0.488 e. The van der Waals surface area contributed by atoms with Crippen LogP contribution >= 0.6 is 0 Å². The smallest absolute Gasteiger partial charge is 0.423 e. The maximum atomic E-state index is 9.52. The summed E-state index contributed by atoms with van der Waals surface area (Å²) in [6.45, 7) is 0. The summed E-state index contributed by atoms with van der Waals surface area (Å²) in [4.78, 5) is 8.27. The SMILES string of the molecule is OB(O)C1=CC(c2cccnc2)CC(c2cccnc2)=C1. The second-order valence-corrected chi connectivity index (χ2v) is 5.05. The number of rotatable bonds is 3. The zero-order valence-corrected chi connectivity index (χ0v) is 11.4. The molecule has 104 valence electrons. The standard InChI is InChI=1S/C16H15BN2O2/c20-17(21)16-8-14(12-3-1-5-18-10-12)7-15(9-16)13-4-2-6-19-11-13/h1-6,8-11,14,20-21H,7H2. The molecule has 0 saturated carbocycles. The van der Waals surface area contributed by atoms with Crippen molar-refractivity contribution in [2.45, 2.75) is 12.3 Å². The molecular formula is C16H15BN2O2. The first-order chi connectivity index (χ1) is 10.2. The highest BCUT2D eigenvalue weighted by atomic mass is 16.4. The molecule has 4 nitrogen and oxygen atoms in total. The van der Waals surface area contributed by atoms with E-state index in [0.717, 1.165) is 23.1 Å². The summed E-state index contributed by atoms with van der Waals surface area (Å²) < 4.78 is 0. The first-order valence-corrected chi connectivity index (χ1v) is 6.83. The van der Waals surface area contributed by atoms with Crippen LogP contribution in [-0.4, -0.2) is 27.1 Å². The van der Waals surface area contributed by atoms with Gasteiger partial charge in [0, 0.05) is 30.7 Å². The number of pyridine rings is 2. The van der Waals surface area contributed by atoms with Crippen molar-refractivity contribution >= 4 is 12.7 Å². The molecule has 1 unspecified atom stereocenters. The van der Waals surface area contributed by atoms with E-state index in [9.17, 15) is 10.0 Å². The Morgan fingerprint density at radius 1 is 1.05 bits per heavy atom. The predicted molar refractivity (Wildman–Crippen MR) is 82.1 cm³/mol. The molecule has 2 aromatic heterocycles. The van der Waals surface area contributed by atoms with Gasteiger partial charge in [-0.2, -0.15) is 0 Å². The highest BCUT2D eigenvalue weighted by Crippen LogP contribution is 2.35. The van der Waals surface area contributed by atoms with Crippen LogP contribution in [0.25, 0.3) is 5.57 Å². The van der Waals surface area contributed by atoms with E-state index < -0.39 is 7.12 Å². The molecule has 2 aromatic rings. The van der Waals surface area contributed by atoms with E-state index in [2.05, 4.69) is 9.97 Å². The number of hydrogen-bond acceptors (Lipinski definition) is 4. The summed E-state index contributed by atoms with van der Waals surface area (Å²) in [6, 6.07) is 7.75. The first kappa shape index (κ1) is 13.7. The molecule has 0 saturated heterocycles. The van der Waals surface area contributed by atoms with Crippen LogP contribution in [0.5, 0.6) is 0 Å². The molecule has 0 aromatic carbocycles. The molecule has 0 radical (unpaired) electrons. The largest absolute Gasteiger partial charge is 0.488 e. The van der Waals surface area contributed by atoms with Crippen LogP contribution in [0.3, 0.4) is 0 Å². The topological polar surface area (TPSA) is 66.2 Å². The first-order valence-electron chi connectivity index (χ1n) is 6.83. The lowest BCUT2D eigenvalue weighted by molar-refractivity contribution is 0.420. The van der Waals surface area contributed by atoms with Crippen LogP contribution < -0.4 is 0 Å². The average molecular weight is 278 g/mol. The van der Waals surface area contributed by atoms with Crippen LogP contribution in [0, 0.1) is 0 Å². The van der Waals surface area contributed by atoms with E-state index in [4.69, 9.17) is 0 Å². The average Bonchev–Trinajstić information content (AvgIpc) is 2.56. The van der Waals surface area contributed by atoms with Gasteiger partial charge in [0.2, 0.25) is 0 Å². The maximum absolute atomic E-state index is 9.52. The Hall–Kier alpha value is -2.24. The summed E-state index contributed by atoms with van der Waals surface area (Å²) in [7, 11) is -1.48. The lowest BCUT2D eigenvalue weighted by Gasteiger charge is -2.22. The Morgan fingerprint density at radius 2 is 1.81 bits per heavy atom. The highest BCUT2D eigenvalue weighted by Gasteiger charge is 2.23. The fourth-order valence-electron chi connectivity index (χ4n) is 2.56. The predicted octanol–water partition coefficient (Wildman–Crippen LogP) is 1.99. The highest BCUT2D eigenvalue weighted by molar-refractivity contribution is 6.52. The molecule has 0 aliphatic heterocycles. The molecule has 0 fully saturated rings. The van der Waals surface area contributed by atoms with Gasteiger partial charge in [0.15, 0.2) is 0 Å². The van der Waals surface area contributed by atoms with E-state index >= 15 is 0 Å². The molecule has 2 N–H and O–H groups in total. The van der Waals surface area contributed by atoms with E-state index in [-0.39, 0.29) is 5.92 Å². The van der Waals surface area contributed by atoms with Gasteiger partial charge in [-0.05, 0) is 40.7 Å². The van der Waals surface area contributed by atoms with Crippen LogP contribution in [0.2, 0.25) is 0 Å². The van der Waals surface area contributed by atoms with Crippen molar-refractivity contribution in [2.24, 2.45) is 0 Å². The van der Waals surface area contributed by atoms with Gasteiger partial charge >= 0.3 is 7.12 Å². The molecule has 2 heterocycles. The van der Waals surface area contributed by atoms with Gasteiger partial charge < -0.3 is 10.0 Å². The third kappa shape index (κ3) is 3.10. The lowest BCUT2D eigenvalue weighted by atomic mass is 9.71. The normalized spacial score (nSPS) is 17.9. The molecule has 5 heteroatoms. The van der Waals surface area contributed by atoms with Crippen LogP contribution in [0.4, 0.5) is 0 Å². The van der Waals surface area contributed by atoms with E-state index in [1.165, 1.54) is 0 Å². The Labute approximate surface area is 123 Å². The van der Waals surface area contributed by atoms with Crippen LogP contribution in [-0.2, 0) is 0 Å². The summed E-state index contributed by atoms with van der Waals surface area (Å²) in [5.74, 6) is 0.0794. The number of nitrogens with zero attached hydrogens (tertiary/aromatic N) is 2. The van der Waals surface area contributed by atoms with Gasteiger partial charge in [-0.1, -0.05) is 24.3 Å². The van der Waals surface area contributed by atoms with Crippen molar-refractivity contribution in [1.82, 2.24) is 9.97 Å². The van der Waals surface area contributed by atoms with Crippen molar-refractivity contribution in [3.8, 4) is 0 Å². The Balaban J connectivity index is 1.98. The Morgan fingerprint density at radius 3 is 2.43 bits per heavy atom. The van der Waals surface area contributed by atoms with Crippen LogP contribution in [0.15, 0.2) is 66.7 Å². The third-order valence-electron chi connectivity index (χ3n) is 3.62. The summed E-state index contributed by atoms with van der Waals surface area (Å²) in [5.41, 5.74) is 3.61. The van der Waals surface area contributed by atoms with Gasteiger partial charge in [-0.15, -0.1) is 0 Å². The molecule has 1 aliphatic rings. The van der Waals surface area contributed by atoms with Gasteiger partial charge in [-0.25, -0.2) is 0 Å². The molecule has 1 aliphatic carbocycles. The number of allylic oxidation sites excluding steroid dienone is 4. The van der Waals surface area contributed by atoms with Gasteiger partial charge in [-0.3, -0.25) is 9.97 Å². The van der Waals surface area contributed by atoms with Crippen molar-refractivity contribution in [1.29, 1.82) is 0 Å². The molecule has 0 spiro atoms. The van der Waals surface area contributed by atoms with Crippen molar-refractivity contribution in [3.63, 3.8) is 0 Å². The van der Waals surface area contributed by atoms with Crippen molar-refractivity contribution < 1.29 is 10.0 Å². The second-order valence-electron chi connectivity index (χ2n) is 5.05. The minimum atomic E-state index is -1.48. The molecular weight excluding hydrogens is 263 g/mol. The van der Waals surface area contributed by atoms with E-state index in [0.29, 0.717) is 5.47 Å². The molecule has 0 amide bonds. The molecule has 1 atom stereocenters.